The summed E-state index contributed by atoms with van der Waals surface area (Å²) in [5.41, 5.74) is 2.55. The van der Waals surface area contributed by atoms with Crippen LogP contribution in [0.3, 0.4) is 0 Å². The van der Waals surface area contributed by atoms with Gasteiger partial charge >= 0.3 is 0 Å². The molecule has 0 bridgehead atoms. The topological polar surface area (TPSA) is 64.7 Å². The van der Waals surface area contributed by atoms with Crippen molar-refractivity contribution in [3.8, 4) is 0 Å². The number of carbonyl (C=O) groups is 1. The Kier molecular flexibility index (Phi) is 5.24. The summed E-state index contributed by atoms with van der Waals surface area (Å²) in [6, 6.07) is -0.354. The maximum absolute atomic E-state index is 12.5. The van der Waals surface area contributed by atoms with E-state index in [0.717, 1.165) is 23.5 Å². The van der Waals surface area contributed by atoms with Gasteiger partial charge in [-0.15, -0.1) is 0 Å². The van der Waals surface area contributed by atoms with E-state index < -0.39 is 0 Å². The molecule has 2 aromatic rings. The molecule has 1 unspecified atom stereocenters. The van der Waals surface area contributed by atoms with Crippen LogP contribution in [-0.2, 0) is 17.9 Å². The smallest absolute Gasteiger partial charge is 0.245 e. The summed E-state index contributed by atoms with van der Waals surface area (Å²) in [6.45, 7) is 8.98. The van der Waals surface area contributed by atoms with E-state index >= 15 is 0 Å². The molecule has 0 fully saturated rings. The molecule has 0 spiro atoms. The normalized spacial score (nSPS) is 12.4. The highest BCUT2D eigenvalue weighted by Crippen LogP contribution is 2.23. The largest absolute Gasteiger partial charge is 0.350 e. The Morgan fingerprint density at radius 2 is 2.14 bits per heavy atom. The summed E-state index contributed by atoms with van der Waals surface area (Å²) >= 11 is 6.17. The number of aryl methyl sites for hydroxylation is 2. The zero-order chi connectivity index (χ0) is 16.3. The van der Waals surface area contributed by atoms with Gasteiger partial charge in [-0.25, -0.2) is 0 Å². The van der Waals surface area contributed by atoms with Gasteiger partial charge in [0.15, 0.2) is 0 Å². The summed E-state index contributed by atoms with van der Waals surface area (Å²) in [4.78, 5) is 12.5. The monoisotopic (exact) mass is 323 g/mol. The van der Waals surface area contributed by atoms with Gasteiger partial charge < -0.3 is 5.32 Å². The van der Waals surface area contributed by atoms with E-state index in [1.165, 1.54) is 0 Å². The SMILES string of the molecule is CCC(C(=O)NCc1cnn(CC)c1)n1nc(C)c(Cl)c1C. The maximum atomic E-state index is 12.5. The number of aromatic nitrogens is 4. The molecule has 0 saturated carbocycles. The highest BCUT2D eigenvalue weighted by Gasteiger charge is 2.23. The fourth-order valence-corrected chi connectivity index (χ4v) is 2.52. The van der Waals surface area contributed by atoms with Gasteiger partial charge in [0.25, 0.3) is 0 Å². The molecule has 2 rings (SSSR count). The molecule has 0 aliphatic carbocycles. The van der Waals surface area contributed by atoms with Crippen LogP contribution in [0.25, 0.3) is 0 Å². The number of nitrogens with one attached hydrogen (secondary N) is 1. The van der Waals surface area contributed by atoms with E-state index in [1.807, 2.05) is 38.6 Å². The summed E-state index contributed by atoms with van der Waals surface area (Å²) in [6.07, 6.45) is 4.35. The molecule has 1 atom stereocenters. The van der Waals surface area contributed by atoms with Crippen molar-refractivity contribution in [3.63, 3.8) is 0 Å². The number of rotatable bonds is 6. The highest BCUT2D eigenvalue weighted by atomic mass is 35.5. The molecular weight excluding hydrogens is 302 g/mol. The average molecular weight is 324 g/mol. The van der Waals surface area contributed by atoms with Crippen LogP contribution in [-0.4, -0.2) is 25.5 Å². The molecule has 2 aromatic heterocycles. The first kappa shape index (κ1) is 16.5. The van der Waals surface area contributed by atoms with Gasteiger partial charge in [-0.2, -0.15) is 10.2 Å². The van der Waals surface area contributed by atoms with Crippen LogP contribution in [0, 0.1) is 13.8 Å². The van der Waals surface area contributed by atoms with E-state index in [4.69, 9.17) is 11.6 Å². The van der Waals surface area contributed by atoms with Crippen molar-refractivity contribution in [2.75, 3.05) is 0 Å². The fourth-order valence-electron chi connectivity index (χ4n) is 2.39. The Morgan fingerprint density at radius 3 is 2.64 bits per heavy atom. The standard InChI is InChI=1S/C15H22ClN5O/c1-5-13(21-11(4)14(16)10(3)19-21)15(22)17-7-12-8-18-20(6-2)9-12/h8-9,13H,5-7H2,1-4H3,(H,17,22). The highest BCUT2D eigenvalue weighted by molar-refractivity contribution is 6.31. The number of hydrogen-bond donors (Lipinski definition) is 1. The molecule has 7 heteroatoms. The van der Waals surface area contributed by atoms with Crippen molar-refractivity contribution in [2.45, 2.75) is 53.2 Å². The lowest BCUT2D eigenvalue weighted by molar-refractivity contribution is -0.124. The number of hydrogen-bond acceptors (Lipinski definition) is 3. The van der Waals surface area contributed by atoms with Crippen LogP contribution in [0.1, 0.15) is 43.3 Å². The Hall–Kier alpha value is -1.82. The summed E-state index contributed by atoms with van der Waals surface area (Å²) in [7, 11) is 0. The quantitative estimate of drug-likeness (QED) is 0.888. The molecule has 0 radical (unpaired) electrons. The van der Waals surface area contributed by atoms with Crippen molar-refractivity contribution < 1.29 is 4.79 Å². The van der Waals surface area contributed by atoms with Crippen LogP contribution in [0.4, 0.5) is 0 Å². The second-order valence-corrected chi connectivity index (χ2v) is 5.65. The Bertz CT molecular complexity index is 661. The lowest BCUT2D eigenvalue weighted by Gasteiger charge is -2.17. The zero-order valence-corrected chi connectivity index (χ0v) is 14.2. The third-order valence-corrected chi connectivity index (χ3v) is 4.25. The minimum Gasteiger partial charge on any atom is -0.350 e. The lowest BCUT2D eigenvalue weighted by Crippen LogP contribution is -2.32. The van der Waals surface area contributed by atoms with Gasteiger partial charge in [0, 0.05) is 24.8 Å². The number of amides is 1. The van der Waals surface area contributed by atoms with Gasteiger partial charge in [0.05, 0.1) is 22.6 Å². The molecule has 120 valence electrons. The predicted molar refractivity (Wildman–Crippen MR) is 85.8 cm³/mol. The van der Waals surface area contributed by atoms with Crippen molar-refractivity contribution in [1.82, 2.24) is 24.9 Å². The third kappa shape index (κ3) is 3.32. The Labute approximate surface area is 135 Å². The molecule has 0 aromatic carbocycles. The second kappa shape index (κ2) is 6.96. The van der Waals surface area contributed by atoms with E-state index in [2.05, 4.69) is 15.5 Å². The Balaban J connectivity index is 2.07. The third-order valence-electron chi connectivity index (χ3n) is 3.70. The van der Waals surface area contributed by atoms with Gasteiger partial charge in [-0.05, 0) is 27.2 Å². The first-order valence-electron chi connectivity index (χ1n) is 7.48. The Morgan fingerprint density at radius 1 is 1.41 bits per heavy atom. The molecular formula is C15H22ClN5O. The number of halogens is 1. The van der Waals surface area contributed by atoms with E-state index in [0.29, 0.717) is 18.0 Å². The van der Waals surface area contributed by atoms with Gasteiger partial charge in [-0.3, -0.25) is 14.2 Å². The predicted octanol–water partition coefficient (Wildman–Crippen LogP) is 2.64. The summed E-state index contributed by atoms with van der Waals surface area (Å²) < 4.78 is 3.54. The van der Waals surface area contributed by atoms with Crippen LogP contribution < -0.4 is 5.32 Å². The van der Waals surface area contributed by atoms with Gasteiger partial charge in [0.2, 0.25) is 5.91 Å². The van der Waals surface area contributed by atoms with Crippen molar-refractivity contribution in [1.29, 1.82) is 0 Å². The van der Waals surface area contributed by atoms with E-state index in [1.54, 1.807) is 10.9 Å². The summed E-state index contributed by atoms with van der Waals surface area (Å²) in [5, 5.41) is 12.1. The van der Waals surface area contributed by atoms with Crippen LogP contribution in [0.2, 0.25) is 5.02 Å². The molecule has 1 amide bonds. The number of nitrogens with zero attached hydrogens (tertiary/aromatic N) is 4. The minimum absolute atomic E-state index is 0.0611. The van der Waals surface area contributed by atoms with Crippen LogP contribution in [0.15, 0.2) is 12.4 Å². The van der Waals surface area contributed by atoms with Crippen molar-refractivity contribution >= 4 is 17.5 Å². The maximum Gasteiger partial charge on any atom is 0.245 e. The molecule has 2 heterocycles. The van der Waals surface area contributed by atoms with Gasteiger partial charge in [0.1, 0.15) is 6.04 Å². The molecule has 1 N–H and O–H groups in total. The second-order valence-electron chi connectivity index (χ2n) is 5.28. The molecule has 6 nitrogen and oxygen atoms in total. The average Bonchev–Trinajstić information content (AvgIpc) is 3.07. The minimum atomic E-state index is -0.354. The fraction of sp³-hybridized carbons (Fsp3) is 0.533. The molecule has 22 heavy (non-hydrogen) atoms. The van der Waals surface area contributed by atoms with Crippen molar-refractivity contribution in [3.05, 3.63) is 34.4 Å². The first-order valence-corrected chi connectivity index (χ1v) is 7.85. The van der Waals surface area contributed by atoms with E-state index in [-0.39, 0.29) is 11.9 Å². The summed E-state index contributed by atoms with van der Waals surface area (Å²) in [5.74, 6) is -0.0611. The number of carbonyl (C=O) groups excluding carboxylic acids is 1. The first-order chi connectivity index (χ1) is 10.5. The van der Waals surface area contributed by atoms with Gasteiger partial charge in [-0.1, -0.05) is 18.5 Å². The zero-order valence-electron chi connectivity index (χ0n) is 13.4. The molecule has 0 saturated heterocycles. The lowest BCUT2D eigenvalue weighted by atomic mass is 10.2. The van der Waals surface area contributed by atoms with E-state index in [9.17, 15) is 4.79 Å². The van der Waals surface area contributed by atoms with Crippen LogP contribution >= 0.6 is 11.6 Å². The van der Waals surface area contributed by atoms with Crippen LogP contribution in [0.5, 0.6) is 0 Å². The van der Waals surface area contributed by atoms with Crippen molar-refractivity contribution in [2.24, 2.45) is 0 Å². The molecule has 0 aliphatic heterocycles. The molecule has 0 aliphatic rings.